The first-order valence-electron chi connectivity index (χ1n) is 14.0. The van der Waals surface area contributed by atoms with E-state index in [2.05, 4.69) is 5.32 Å². The van der Waals surface area contributed by atoms with Crippen molar-refractivity contribution in [2.24, 2.45) is 0 Å². The molecule has 3 rings (SSSR count). The number of carbonyl (C=O) groups excluding carboxylic acids is 2. The SMILES string of the molecule is CC[C@H](C(=O)N[C@@H](C)CC)N(Cc1ccc(C)cc1)C(=O)CN(c1cc(OC)ccc1OC)S(=O)(=O)c1ccccc1. The third kappa shape index (κ3) is 7.82. The average Bonchev–Trinajstić information content (AvgIpc) is 3.00. The largest absolute Gasteiger partial charge is 0.497 e. The standard InChI is InChI=1S/C32H41N3O6S/c1-7-24(4)33-32(37)28(8-2)34(21-25-16-14-23(3)15-17-25)31(36)22-35(42(38,39)27-12-10-9-11-13-27)29-20-26(40-5)18-19-30(29)41-6/h9-20,24,28H,7-8,21-22H2,1-6H3,(H,33,37)/t24-,28+/m0/s1. The van der Waals surface area contributed by atoms with E-state index < -0.39 is 28.5 Å². The van der Waals surface area contributed by atoms with E-state index in [1.807, 2.05) is 52.0 Å². The lowest BCUT2D eigenvalue weighted by Gasteiger charge is -2.34. The second-order valence-electron chi connectivity index (χ2n) is 10.1. The smallest absolute Gasteiger partial charge is 0.264 e. The summed E-state index contributed by atoms with van der Waals surface area (Å²) in [6.45, 7) is 7.23. The quantitative estimate of drug-likeness (QED) is 0.283. The van der Waals surface area contributed by atoms with Gasteiger partial charge >= 0.3 is 0 Å². The normalized spacial score (nSPS) is 12.6. The highest BCUT2D eigenvalue weighted by Crippen LogP contribution is 2.36. The van der Waals surface area contributed by atoms with Gasteiger partial charge in [-0.2, -0.15) is 0 Å². The average molecular weight is 596 g/mol. The number of anilines is 1. The maximum absolute atomic E-state index is 14.3. The van der Waals surface area contributed by atoms with Gasteiger partial charge in [0.05, 0.1) is 24.8 Å². The Morgan fingerprint density at radius 1 is 0.905 bits per heavy atom. The van der Waals surface area contributed by atoms with Gasteiger partial charge in [0.15, 0.2) is 0 Å². The zero-order valence-corrected chi connectivity index (χ0v) is 26.0. The van der Waals surface area contributed by atoms with Crippen LogP contribution in [0, 0.1) is 6.92 Å². The van der Waals surface area contributed by atoms with Gasteiger partial charge in [-0.15, -0.1) is 0 Å². The first-order valence-corrected chi connectivity index (χ1v) is 15.4. The fourth-order valence-corrected chi connectivity index (χ4v) is 5.91. The highest BCUT2D eigenvalue weighted by atomic mass is 32.2. The number of methoxy groups -OCH3 is 2. The van der Waals surface area contributed by atoms with Crippen LogP contribution >= 0.6 is 0 Å². The Balaban J connectivity index is 2.13. The number of nitrogens with zero attached hydrogens (tertiary/aromatic N) is 2. The third-order valence-electron chi connectivity index (χ3n) is 7.13. The van der Waals surface area contributed by atoms with Crippen molar-refractivity contribution in [1.82, 2.24) is 10.2 Å². The summed E-state index contributed by atoms with van der Waals surface area (Å²) in [5, 5.41) is 2.98. The number of hydrogen-bond donors (Lipinski definition) is 1. The molecular formula is C32H41N3O6S. The van der Waals surface area contributed by atoms with E-state index >= 15 is 0 Å². The fraction of sp³-hybridized carbons (Fsp3) is 0.375. The molecule has 9 nitrogen and oxygen atoms in total. The van der Waals surface area contributed by atoms with Gasteiger partial charge in [0, 0.05) is 18.7 Å². The molecule has 226 valence electrons. The third-order valence-corrected chi connectivity index (χ3v) is 8.90. The summed E-state index contributed by atoms with van der Waals surface area (Å²) in [5.74, 6) is -0.188. The van der Waals surface area contributed by atoms with Crippen LogP contribution in [0.1, 0.15) is 44.7 Å². The van der Waals surface area contributed by atoms with E-state index in [1.54, 1.807) is 30.3 Å². The van der Waals surface area contributed by atoms with Crippen LogP contribution < -0.4 is 19.1 Å². The summed E-state index contributed by atoms with van der Waals surface area (Å²) in [4.78, 5) is 29.1. The van der Waals surface area contributed by atoms with E-state index in [0.717, 1.165) is 21.9 Å². The maximum Gasteiger partial charge on any atom is 0.264 e. The van der Waals surface area contributed by atoms with Crippen molar-refractivity contribution in [1.29, 1.82) is 0 Å². The van der Waals surface area contributed by atoms with Crippen LogP contribution in [0.4, 0.5) is 5.69 Å². The Morgan fingerprint density at radius 2 is 1.57 bits per heavy atom. The van der Waals surface area contributed by atoms with Gasteiger partial charge < -0.3 is 19.7 Å². The molecule has 0 aromatic heterocycles. The number of amides is 2. The van der Waals surface area contributed by atoms with Gasteiger partial charge in [-0.05, 0) is 56.5 Å². The first-order chi connectivity index (χ1) is 20.0. The van der Waals surface area contributed by atoms with Crippen molar-refractivity contribution in [3.8, 4) is 11.5 Å². The summed E-state index contributed by atoms with van der Waals surface area (Å²) in [7, 11) is -1.35. The van der Waals surface area contributed by atoms with Gasteiger partial charge in [0.2, 0.25) is 11.8 Å². The van der Waals surface area contributed by atoms with Gasteiger partial charge in [-0.3, -0.25) is 13.9 Å². The van der Waals surface area contributed by atoms with Crippen molar-refractivity contribution >= 4 is 27.5 Å². The molecule has 42 heavy (non-hydrogen) atoms. The highest BCUT2D eigenvalue weighted by Gasteiger charge is 2.35. The fourth-order valence-electron chi connectivity index (χ4n) is 4.48. The molecule has 0 saturated heterocycles. The molecule has 0 aliphatic heterocycles. The number of benzene rings is 3. The van der Waals surface area contributed by atoms with Crippen LogP contribution in [-0.4, -0.2) is 58.0 Å². The topological polar surface area (TPSA) is 105 Å². The highest BCUT2D eigenvalue weighted by molar-refractivity contribution is 7.92. The molecule has 0 saturated carbocycles. The number of carbonyl (C=O) groups is 2. The lowest BCUT2D eigenvalue weighted by atomic mass is 10.1. The molecule has 0 aliphatic rings. The molecular weight excluding hydrogens is 554 g/mol. The number of ether oxygens (including phenoxy) is 2. The molecule has 2 amide bonds. The van der Waals surface area contributed by atoms with Crippen LogP contribution in [0.5, 0.6) is 11.5 Å². The zero-order valence-electron chi connectivity index (χ0n) is 25.2. The molecule has 3 aromatic carbocycles. The van der Waals surface area contributed by atoms with Crippen molar-refractivity contribution in [2.45, 2.75) is 64.1 Å². The molecule has 10 heteroatoms. The molecule has 0 fully saturated rings. The number of nitrogens with one attached hydrogen (secondary N) is 1. The molecule has 0 unspecified atom stereocenters. The van der Waals surface area contributed by atoms with Gasteiger partial charge in [0.1, 0.15) is 24.1 Å². The van der Waals surface area contributed by atoms with Crippen molar-refractivity contribution in [3.63, 3.8) is 0 Å². The minimum atomic E-state index is -4.24. The molecule has 2 atom stereocenters. The van der Waals surface area contributed by atoms with Gasteiger partial charge in [-0.25, -0.2) is 8.42 Å². The lowest BCUT2D eigenvalue weighted by molar-refractivity contribution is -0.140. The number of rotatable bonds is 14. The molecule has 0 radical (unpaired) electrons. The Hall–Kier alpha value is -4.05. The van der Waals surface area contributed by atoms with Crippen molar-refractivity contribution in [2.75, 3.05) is 25.1 Å². The number of aryl methyl sites for hydroxylation is 1. The van der Waals surface area contributed by atoms with Crippen LogP contribution in [0.2, 0.25) is 0 Å². The second-order valence-corrected chi connectivity index (χ2v) is 12.0. The molecule has 0 bridgehead atoms. The monoisotopic (exact) mass is 595 g/mol. The summed E-state index contributed by atoms with van der Waals surface area (Å²) >= 11 is 0. The Bertz CT molecular complexity index is 1440. The number of hydrogen-bond acceptors (Lipinski definition) is 6. The molecule has 1 N–H and O–H groups in total. The zero-order chi connectivity index (χ0) is 30.9. The molecule has 3 aromatic rings. The predicted octanol–water partition coefficient (Wildman–Crippen LogP) is 4.93. The van der Waals surface area contributed by atoms with Gasteiger partial charge in [0.25, 0.3) is 10.0 Å². The first kappa shape index (κ1) is 32.5. The van der Waals surface area contributed by atoms with E-state index in [1.165, 1.54) is 37.3 Å². The van der Waals surface area contributed by atoms with E-state index in [0.29, 0.717) is 12.2 Å². The van der Waals surface area contributed by atoms with Gasteiger partial charge in [-0.1, -0.05) is 61.9 Å². The van der Waals surface area contributed by atoms with Crippen LogP contribution in [0.3, 0.4) is 0 Å². The molecule has 0 aliphatic carbocycles. The molecule has 0 heterocycles. The lowest BCUT2D eigenvalue weighted by Crippen LogP contribution is -2.53. The minimum absolute atomic E-state index is 0.00862. The Labute approximate surface area is 249 Å². The predicted molar refractivity (Wildman–Crippen MR) is 164 cm³/mol. The Morgan fingerprint density at radius 3 is 2.14 bits per heavy atom. The minimum Gasteiger partial charge on any atom is -0.497 e. The number of sulfonamides is 1. The summed E-state index contributed by atoms with van der Waals surface area (Å²) < 4.78 is 40.1. The Kier molecular flexibility index (Phi) is 11.4. The van der Waals surface area contributed by atoms with Crippen LogP contribution in [0.15, 0.2) is 77.7 Å². The van der Waals surface area contributed by atoms with Crippen molar-refractivity contribution < 1.29 is 27.5 Å². The maximum atomic E-state index is 14.3. The van der Waals surface area contributed by atoms with E-state index in [4.69, 9.17) is 9.47 Å². The second kappa shape index (κ2) is 14.7. The van der Waals surface area contributed by atoms with E-state index in [9.17, 15) is 18.0 Å². The molecule has 0 spiro atoms. The summed E-state index contributed by atoms with van der Waals surface area (Å²) in [6, 6.07) is 19.4. The summed E-state index contributed by atoms with van der Waals surface area (Å²) in [6.07, 6.45) is 1.07. The van der Waals surface area contributed by atoms with E-state index in [-0.39, 0.29) is 34.8 Å². The summed E-state index contributed by atoms with van der Waals surface area (Å²) in [5.41, 5.74) is 2.02. The van der Waals surface area contributed by atoms with Crippen LogP contribution in [0.25, 0.3) is 0 Å². The van der Waals surface area contributed by atoms with Crippen LogP contribution in [-0.2, 0) is 26.2 Å². The van der Waals surface area contributed by atoms with Crippen molar-refractivity contribution in [3.05, 3.63) is 83.9 Å².